The molecule has 2 aromatic rings. The zero-order valence-electron chi connectivity index (χ0n) is 15.6. The Morgan fingerprint density at radius 2 is 2.00 bits per heavy atom. The first-order valence-electron chi connectivity index (χ1n) is 9.39. The molecule has 0 radical (unpaired) electrons. The number of hydrogen-bond acceptors (Lipinski definition) is 3. The van der Waals surface area contributed by atoms with Crippen LogP contribution in [0.25, 0.3) is 6.08 Å². The average molecular weight is 425 g/mol. The lowest BCUT2D eigenvalue weighted by Crippen LogP contribution is -2.18. The molecule has 1 N–H and O–H groups in total. The van der Waals surface area contributed by atoms with Gasteiger partial charge in [-0.25, -0.2) is 8.78 Å². The maximum atomic E-state index is 13.4. The summed E-state index contributed by atoms with van der Waals surface area (Å²) in [5, 5.41) is 10.2. The fraction of sp³-hybridized carbons (Fsp3) is 0.409. The normalized spacial score (nSPS) is 24.9. The van der Waals surface area contributed by atoms with Gasteiger partial charge in [0.15, 0.2) is 5.78 Å². The summed E-state index contributed by atoms with van der Waals surface area (Å²) in [7, 11) is 0. The van der Waals surface area contributed by atoms with Gasteiger partial charge in [0.2, 0.25) is 0 Å². The summed E-state index contributed by atoms with van der Waals surface area (Å²) in [6, 6.07) is 7.20. The maximum absolute atomic E-state index is 13.4. The lowest BCUT2D eigenvalue weighted by molar-refractivity contribution is 0.102. The second-order valence-corrected chi connectivity index (χ2v) is 9.07. The van der Waals surface area contributed by atoms with Crippen LogP contribution in [0.3, 0.4) is 0 Å². The molecule has 0 unspecified atom stereocenters. The first kappa shape index (κ1) is 21.2. The fourth-order valence-electron chi connectivity index (χ4n) is 3.84. The van der Waals surface area contributed by atoms with Gasteiger partial charge in [-0.15, -0.1) is 22.9 Å². The van der Waals surface area contributed by atoms with Crippen molar-refractivity contribution in [1.82, 2.24) is 0 Å². The van der Waals surface area contributed by atoms with E-state index in [2.05, 4.69) is 0 Å². The molecule has 0 bridgehead atoms. The second kappa shape index (κ2) is 9.29. The maximum Gasteiger partial charge on any atom is 0.169 e. The summed E-state index contributed by atoms with van der Waals surface area (Å²) in [5.41, 5.74) is 0.428. The van der Waals surface area contributed by atoms with Crippen molar-refractivity contribution in [3.8, 4) is 0 Å². The lowest BCUT2D eigenvalue weighted by Gasteiger charge is -2.20. The molecule has 0 spiro atoms. The highest BCUT2D eigenvalue weighted by Crippen LogP contribution is 2.40. The Morgan fingerprint density at radius 1 is 1.29 bits per heavy atom. The molecular formula is C22H23ClF2O2S. The van der Waals surface area contributed by atoms with Crippen LogP contribution in [0.4, 0.5) is 8.78 Å². The van der Waals surface area contributed by atoms with Crippen LogP contribution in [-0.2, 0) is 6.42 Å². The second-order valence-electron chi connectivity index (χ2n) is 7.34. The average Bonchev–Trinajstić information content (AvgIpc) is 3.18. The molecule has 1 aliphatic rings. The number of rotatable bonds is 7. The monoisotopic (exact) mass is 424 g/mol. The molecule has 6 heteroatoms. The SMILES string of the molecule is CC(=O)c1ccc(CCC[C@@H]2[C@@H](/C=C\c3cc(F)cc(F)c3)[C@H](O)C[C@H]2Cl)s1. The van der Waals surface area contributed by atoms with Crippen molar-refractivity contribution in [3.63, 3.8) is 0 Å². The van der Waals surface area contributed by atoms with Gasteiger partial charge in [-0.3, -0.25) is 4.79 Å². The molecule has 1 aromatic carbocycles. The number of aliphatic hydroxyl groups excluding tert-OH is 1. The molecule has 3 rings (SSSR count). The number of halogens is 3. The molecule has 0 saturated heterocycles. The van der Waals surface area contributed by atoms with E-state index in [-0.39, 0.29) is 23.0 Å². The van der Waals surface area contributed by atoms with E-state index in [1.807, 2.05) is 18.2 Å². The third-order valence-electron chi connectivity index (χ3n) is 5.23. The van der Waals surface area contributed by atoms with Crippen LogP contribution in [0.5, 0.6) is 0 Å². The Hall–Kier alpha value is -1.56. The van der Waals surface area contributed by atoms with Crippen molar-refractivity contribution in [2.75, 3.05) is 0 Å². The Labute approximate surface area is 172 Å². The molecule has 1 saturated carbocycles. The molecule has 4 atom stereocenters. The molecule has 0 aliphatic heterocycles. The highest BCUT2D eigenvalue weighted by Gasteiger charge is 2.39. The number of benzene rings is 1. The summed E-state index contributed by atoms with van der Waals surface area (Å²) < 4.78 is 26.7. The number of Topliss-reactive ketones (excluding diaryl/α,β-unsaturated/α-hetero) is 1. The van der Waals surface area contributed by atoms with Gasteiger partial charge in [0, 0.05) is 22.2 Å². The van der Waals surface area contributed by atoms with E-state index in [4.69, 9.17) is 11.6 Å². The van der Waals surface area contributed by atoms with Crippen LogP contribution in [-0.4, -0.2) is 22.4 Å². The summed E-state index contributed by atoms with van der Waals surface area (Å²) in [6.45, 7) is 1.56. The number of ketones is 1. The van der Waals surface area contributed by atoms with Gasteiger partial charge in [-0.05, 0) is 68.4 Å². The first-order chi connectivity index (χ1) is 13.3. The predicted octanol–water partition coefficient (Wildman–Crippen LogP) is 5.87. The van der Waals surface area contributed by atoms with Crippen LogP contribution in [0.1, 0.15) is 46.3 Å². The Balaban J connectivity index is 1.62. The van der Waals surface area contributed by atoms with Gasteiger partial charge in [0.25, 0.3) is 0 Å². The number of hydrogen-bond donors (Lipinski definition) is 1. The quantitative estimate of drug-likeness (QED) is 0.445. The third-order valence-corrected chi connectivity index (χ3v) is 6.98. The van der Waals surface area contributed by atoms with Crippen molar-refractivity contribution in [1.29, 1.82) is 0 Å². The highest BCUT2D eigenvalue weighted by atomic mass is 35.5. The van der Waals surface area contributed by atoms with E-state index in [1.54, 1.807) is 13.0 Å². The third kappa shape index (κ3) is 5.28. The van der Waals surface area contributed by atoms with Crippen molar-refractivity contribution >= 4 is 34.8 Å². The van der Waals surface area contributed by atoms with Gasteiger partial charge >= 0.3 is 0 Å². The van der Waals surface area contributed by atoms with Crippen LogP contribution >= 0.6 is 22.9 Å². The minimum absolute atomic E-state index is 0.0787. The molecule has 1 aliphatic carbocycles. The smallest absolute Gasteiger partial charge is 0.169 e. The van der Waals surface area contributed by atoms with E-state index in [9.17, 15) is 18.7 Å². The Bertz CT molecular complexity index is 844. The number of carbonyl (C=O) groups is 1. The van der Waals surface area contributed by atoms with E-state index < -0.39 is 17.7 Å². The molecular weight excluding hydrogens is 402 g/mol. The molecule has 1 aromatic heterocycles. The molecule has 1 fully saturated rings. The van der Waals surface area contributed by atoms with Gasteiger partial charge in [0.1, 0.15) is 11.6 Å². The largest absolute Gasteiger partial charge is 0.392 e. The van der Waals surface area contributed by atoms with E-state index in [1.165, 1.54) is 23.5 Å². The number of thiophene rings is 1. The minimum atomic E-state index is -0.626. The predicted molar refractivity (Wildman–Crippen MR) is 110 cm³/mol. The Kier molecular flexibility index (Phi) is 7.02. The lowest BCUT2D eigenvalue weighted by atomic mass is 9.89. The zero-order valence-corrected chi connectivity index (χ0v) is 17.1. The fourth-order valence-corrected chi connectivity index (χ4v) is 5.26. The minimum Gasteiger partial charge on any atom is -0.392 e. The van der Waals surface area contributed by atoms with Gasteiger partial charge in [-0.2, -0.15) is 0 Å². The number of aliphatic hydroxyl groups is 1. The van der Waals surface area contributed by atoms with Gasteiger partial charge in [0.05, 0.1) is 11.0 Å². The Morgan fingerprint density at radius 3 is 2.64 bits per heavy atom. The highest BCUT2D eigenvalue weighted by molar-refractivity contribution is 7.14. The van der Waals surface area contributed by atoms with Crippen LogP contribution < -0.4 is 0 Å². The first-order valence-corrected chi connectivity index (χ1v) is 10.6. The standard InChI is InChI=1S/C22H23ClF2O2S/c1-13(26)22-8-6-17(28-22)3-2-4-18-19(21(27)12-20(18)23)7-5-14-9-15(24)11-16(25)10-14/h5-11,18-21,27H,2-4,12H2,1H3/b7-5-/t18-,19-,20-,21-/m1/s1. The van der Waals surface area contributed by atoms with Crippen molar-refractivity contribution < 1.29 is 18.7 Å². The van der Waals surface area contributed by atoms with Crippen LogP contribution in [0.15, 0.2) is 36.4 Å². The van der Waals surface area contributed by atoms with E-state index in [0.717, 1.165) is 35.1 Å². The van der Waals surface area contributed by atoms with Gasteiger partial charge in [-0.1, -0.05) is 12.2 Å². The van der Waals surface area contributed by atoms with Crippen LogP contribution in [0.2, 0.25) is 0 Å². The number of alkyl halides is 1. The van der Waals surface area contributed by atoms with Crippen molar-refractivity contribution in [3.05, 3.63) is 63.4 Å². The summed E-state index contributed by atoms with van der Waals surface area (Å²) in [4.78, 5) is 13.3. The molecule has 1 heterocycles. The molecule has 150 valence electrons. The van der Waals surface area contributed by atoms with Crippen molar-refractivity contribution in [2.45, 2.75) is 44.1 Å². The number of carbonyl (C=O) groups excluding carboxylic acids is 1. The zero-order chi connectivity index (χ0) is 20.3. The molecule has 0 amide bonds. The summed E-state index contributed by atoms with van der Waals surface area (Å²) >= 11 is 7.99. The van der Waals surface area contributed by atoms with Crippen LogP contribution in [0, 0.1) is 23.5 Å². The summed E-state index contributed by atoms with van der Waals surface area (Å²) in [5.74, 6) is -1.22. The van der Waals surface area contributed by atoms with Gasteiger partial charge < -0.3 is 5.11 Å². The number of aryl methyl sites for hydroxylation is 1. The van der Waals surface area contributed by atoms with E-state index in [0.29, 0.717) is 12.0 Å². The molecule has 28 heavy (non-hydrogen) atoms. The topological polar surface area (TPSA) is 37.3 Å². The molecule has 2 nitrogen and oxygen atoms in total. The van der Waals surface area contributed by atoms with E-state index >= 15 is 0 Å². The summed E-state index contributed by atoms with van der Waals surface area (Å²) in [6.07, 6.45) is 6.02. The van der Waals surface area contributed by atoms with Crippen molar-refractivity contribution in [2.24, 2.45) is 11.8 Å².